The summed E-state index contributed by atoms with van der Waals surface area (Å²) in [5, 5.41) is 17.4. The van der Waals surface area contributed by atoms with Crippen molar-refractivity contribution in [2.24, 2.45) is 0 Å². The highest BCUT2D eigenvalue weighted by molar-refractivity contribution is 5.77. The quantitative estimate of drug-likeness (QED) is 0.884. The first-order valence-electron chi connectivity index (χ1n) is 8.08. The molecule has 122 valence electrons. The third-order valence-electron chi connectivity index (χ3n) is 4.38. The Balaban J connectivity index is 1.51. The molecule has 6 nitrogen and oxygen atoms in total. The van der Waals surface area contributed by atoms with Crippen LogP contribution < -0.4 is 5.32 Å². The molecule has 3 rings (SSSR count). The number of nitrogens with one attached hydrogen (secondary N) is 1. The molecule has 1 saturated carbocycles. The summed E-state index contributed by atoms with van der Waals surface area (Å²) in [4.78, 5) is 16.0. The second kappa shape index (κ2) is 6.91. The van der Waals surface area contributed by atoms with Crippen molar-refractivity contribution < 1.29 is 9.90 Å². The molecule has 6 heteroatoms. The Morgan fingerprint density at radius 2 is 1.96 bits per heavy atom. The van der Waals surface area contributed by atoms with Crippen LogP contribution in [0.1, 0.15) is 44.1 Å². The third kappa shape index (κ3) is 4.16. The topological polar surface area (TPSA) is 80.0 Å². The van der Waals surface area contributed by atoms with E-state index in [2.05, 4.69) is 15.4 Å². The van der Waals surface area contributed by atoms with Gasteiger partial charge < -0.3 is 10.4 Å². The van der Waals surface area contributed by atoms with Gasteiger partial charge in [-0.15, -0.1) is 0 Å². The second-order valence-corrected chi connectivity index (χ2v) is 6.25. The van der Waals surface area contributed by atoms with Crippen molar-refractivity contribution in [1.29, 1.82) is 0 Å². The van der Waals surface area contributed by atoms with Crippen LogP contribution in [0, 0.1) is 0 Å². The molecule has 2 aromatic rings. The summed E-state index contributed by atoms with van der Waals surface area (Å²) in [5.74, 6) is -0.0882. The van der Waals surface area contributed by atoms with Crippen LogP contribution in [0.15, 0.2) is 36.9 Å². The average Bonchev–Trinajstić information content (AvgIpc) is 3.08. The maximum absolute atomic E-state index is 12.1. The van der Waals surface area contributed by atoms with Crippen molar-refractivity contribution in [1.82, 2.24) is 20.1 Å². The number of amides is 1. The van der Waals surface area contributed by atoms with E-state index in [-0.39, 0.29) is 12.3 Å². The van der Waals surface area contributed by atoms with Crippen molar-refractivity contribution in [2.45, 2.75) is 50.7 Å². The van der Waals surface area contributed by atoms with Crippen LogP contribution in [0.2, 0.25) is 0 Å². The molecule has 1 amide bonds. The molecule has 1 aliphatic carbocycles. The first-order chi connectivity index (χ1) is 11.1. The van der Waals surface area contributed by atoms with Crippen LogP contribution >= 0.6 is 0 Å². The van der Waals surface area contributed by atoms with Crippen LogP contribution in [-0.2, 0) is 11.3 Å². The number of carbonyl (C=O) groups excluding carboxylic acids is 1. The van der Waals surface area contributed by atoms with E-state index in [4.69, 9.17) is 0 Å². The second-order valence-electron chi connectivity index (χ2n) is 6.25. The van der Waals surface area contributed by atoms with Crippen LogP contribution in [0.4, 0.5) is 0 Å². The normalized spacial score (nSPS) is 16.9. The van der Waals surface area contributed by atoms with Gasteiger partial charge in [-0.25, -0.2) is 9.67 Å². The molecule has 1 fully saturated rings. The summed E-state index contributed by atoms with van der Waals surface area (Å²) in [5.41, 5.74) is 1.13. The van der Waals surface area contributed by atoms with E-state index in [0.717, 1.165) is 43.4 Å². The Morgan fingerprint density at radius 3 is 2.61 bits per heavy atom. The lowest BCUT2D eigenvalue weighted by Gasteiger charge is -2.31. The van der Waals surface area contributed by atoms with Crippen molar-refractivity contribution in [3.8, 4) is 5.69 Å². The zero-order valence-corrected chi connectivity index (χ0v) is 13.1. The molecule has 2 N–H and O–H groups in total. The standard InChI is InChI=1S/C17H22N4O2/c22-16(10-17(23)8-2-1-3-9-17)19-11-14-4-6-15(7-5-14)21-13-18-12-20-21/h4-7,12-13,23H,1-3,8-11H2,(H,19,22). The van der Waals surface area contributed by atoms with Gasteiger partial charge >= 0.3 is 0 Å². The molecule has 0 unspecified atom stereocenters. The van der Waals surface area contributed by atoms with Crippen LogP contribution in [0.5, 0.6) is 0 Å². The van der Waals surface area contributed by atoms with Gasteiger partial charge in [-0.3, -0.25) is 4.79 Å². The molecule has 0 aliphatic heterocycles. The molecule has 0 spiro atoms. The molecular weight excluding hydrogens is 292 g/mol. The Labute approximate surface area is 135 Å². The van der Waals surface area contributed by atoms with Gasteiger partial charge in [-0.05, 0) is 30.5 Å². The molecule has 1 aromatic heterocycles. The number of aliphatic hydroxyl groups is 1. The van der Waals surface area contributed by atoms with Crippen molar-refractivity contribution >= 4 is 5.91 Å². The highest BCUT2D eigenvalue weighted by Crippen LogP contribution is 2.30. The molecule has 0 atom stereocenters. The highest BCUT2D eigenvalue weighted by Gasteiger charge is 2.31. The minimum atomic E-state index is -0.806. The third-order valence-corrected chi connectivity index (χ3v) is 4.38. The fraction of sp³-hybridized carbons (Fsp3) is 0.471. The maximum atomic E-state index is 12.1. The van der Waals surface area contributed by atoms with Crippen LogP contribution in [0.3, 0.4) is 0 Å². The SMILES string of the molecule is O=C(CC1(O)CCCCC1)NCc1ccc(-n2cncn2)cc1. The van der Waals surface area contributed by atoms with Crippen molar-refractivity contribution in [3.05, 3.63) is 42.5 Å². The lowest BCUT2D eigenvalue weighted by atomic mass is 9.82. The van der Waals surface area contributed by atoms with Crippen molar-refractivity contribution in [3.63, 3.8) is 0 Å². The first-order valence-corrected chi connectivity index (χ1v) is 8.08. The summed E-state index contributed by atoms with van der Waals surface area (Å²) in [7, 11) is 0. The summed E-state index contributed by atoms with van der Waals surface area (Å²) in [6.07, 6.45) is 7.96. The van der Waals surface area contributed by atoms with Crippen LogP contribution in [-0.4, -0.2) is 31.4 Å². The van der Waals surface area contributed by atoms with Gasteiger partial charge in [0.05, 0.1) is 17.7 Å². The maximum Gasteiger partial charge on any atom is 0.223 e. The Hall–Kier alpha value is -2.21. The lowest BCUT2D eigenvalue weighted by molar-refractivity contribution is -0.127. The Morgan fingerprint density at radius 1 is 1.22 bits per heavy atom. The van der Waals surface area contributed by atoms with Gasteiger partial charge in [0.2, 0.25) is 5.91 Å². The minimum Gasteiger partial charge on any atom is -0.389 e. The molecular formula is C17H22N4O2. The lowest BCUT2D eigenvalue weighted by Crippen LogP contribution is -2.38. The molecule has 1 heterocycles. The summed E-state index contributed by atoms with van der Waals surface area (Å²) >= 11 is 0. The Bertz CT molecular complexity index is 631. The van der Waals surface area contributed by atoms with E-state index in [1.54, 1.807) is 11.0 Å². The van der Waals surface area contributed by atoms with E-state index in [1.165, 1.54) is 6.33 Å². The predicted octanol–water partition coefficient (Wildman–Crippen LogP) is 1.97. The smallest absolute Gasteiger partial charge is 0.223 e. The summed E-state index contributed by atoms with van der Waals surface area (Å²) in [6.45, 7) is 0.465. The van der Waals surface area contributed by atoms with Gasteiger partial charge in [0, 0.05) is 6.54 Å². The van der Waals surface area contributed by atoms with E-state index in [9.17, 15) is 9.90 Å². The van der Waals surface area contributed by atoms with Gasteiger partial charge in [0.15, 0.2) is 0 Å². The number of aromatic nitrogens is 3. The monoisotopic (exact) mass is 314 g/mol. The van der Waals surface area contributed by atoms with E-state index >= 15 is 0 Å². The first kappa shape index (κ1) is 15.7. The van der Waals surface area contributed by atoms with Gasteiger partial charge in [0.1, 0.15) is 12.7 Å². The van der Waals surface area contributed by atoms with Crippen molar-refractivity contribution in [2.75, 3.05) is 0 Å². The molecule has 1 aliphatic rings. The van der Waals surface area contributed by atoms with Crippen LogP contribution in [0.25, 0.3) is 5.69 Å². The highest BCUT2D eigenvalue weighted by atomic mass is 16.3. The number of nitrogens with zero attached hydrogens (tertiary/aromatic N) is 3. The molecule has 23 heavy (non-hydrogen) atoms. The molecule has 1 aromatic carbocycles. The minimum absolute atomic E-state index is 0.0882. The molecule has 0 radical (unpaired) electrons. The van der Waals surface area contributed by atoms with E-state index in [0.29, 0.717) is 6.54 Å². The summed E-state index contributed by atoms with van der Waals surface area (Å²) in [6, 6.07) is 7.77. The number of hydrogen-bond donors (Lipinski definition) is 2. The van der Waals surface area contributed by atoms with E-state index in [1.807, 2.05) is 24.3 Å². The average molecular weight is 314 g/mol. The molecule has 0 bridgehead atoms. The van der Waals surface area contributed by atoms with Gasteiger partial charge in [-0.1, -0.05) is 31.4 Å². The Kier molecular flexibility index (Phi) is 4.71. The number of rotatable bonds is 5. The fourth-order valence-electron chi connectivity index (χ4n) is 3.06. The zero-order chi connectivity index (χ0) is 16.1. The largest absolute Gasteiger partial charge is 0.389 e. The molecule has 0 saturated heterocycles. The van der Waals surface area contributed by atoms with E-state index < -0.39 is 5.60 Å². The fourth-order valence-corrected chi connectivity index (χ4v) is 3.06. The van der Waals surface area contributed by atoms with Gasteiger partial charge in [0.25, 0.3) is 0 Å². The summed E-state index contributed by atoms with van der Waals surface area (Å²) < 4.78 is 1.68. The number of carbonyl (C=O) groups is 1. The predicted molar refractivity (Wildman–Crippen MR) is 85.9 cm³/mol. The van der Waals surface area contributed by atoms with Gasteiger partial charge in [-0.2, -0.15) is 5.10 Å². The number of benzene rings is 1. The zero-order valence-electron chi connectivity index (χ0n) is 13.1. The number of hydrogen-bond acceptors (Lipinski definition) is 4.